The second-order valence-electron chi connectivity index (χ2n) is 5.65. The highest BCUT2D eigenvalue weighted by atomic mass is 16.3. The molecule has 0 aromatic heterocycles. The first-order valence-corrected chi connectivity index (χ1v) is 7.44. The molecular formula is C16H24N2O2. The van der Waals surface area contributed by atoms with E-state index in [0.717, 1.165) is 6.42 Å². The third kappa shape index (κ3) is 3.97. The second-order valence-corrected chi connectivity index (χ2v) is 5.65. The van der Waals surface area contributed by atoms with Crippen LogP contribution in [0, 0.1) is 11.8 Å². The topological polar surface area (TPSA) is 75.3 Å². The van der Waals surface area contributed by atoms with Crippen molar-refractivity contribution in [3.63, 3.8) is 0 Å². The number of benzene rings is 1. The summed E-state index contributed by atoms with van der Waals surface area (Å²) in [6.07, 6.45) is 5.04. The van der Waals surface area contributed by atoms with Crippen LogP contribution < -0.4 is 11.1 Å². The van der Waals surface area contributed by atoms with Gasteiger partial charge in [0.2, 0.25) is 5.91 Å². The van der Waals surface area contributed by atoms with Crippen molar-refractivity contribution in [1.29, 1.82) is 0 Å². The number of phenols is 1. The Balaban J connectivity index is 1.81. The Morgan fingerprint density at radius 1 is 1.25 bits per heavy atom. The maximum Gasteiger partial charge on any atom is 0.224 e. The van der Waals surface area contributed by atoms with E-state index in [2.05, 4.69) is 5.32 Å². The highest BCUT2D eigenvalue weighted by molar-refractivity contribution is 5.79. The fourth-order valence-corrected chi connectivity index (χ4v) is 3.00. The Kier molecular flexibility index (Phi) is 5.41. The van der Waals surface area contributed by atoms with E-state index in [-0.39, 0.29) is 18.1 Å². The summed E-state index contributed by atoms with van der Waals surface area (Å²) in [6.45, 7) is 1.41. The number of phenolic OH excluding ortho intramolecular Hbond substituents is 1. The molecule has 1 aliphatic rings. The van der Waals surface area contributed by atoms with Crippen LogP contribution >= 0.6 is 0 Å². The Morgan fingerprint density at radius 2 is 1.95 bits per heavy atom. The lowest BCUT2D eigenvalue weighted by Crippen LogP contribution is -2.37. The minimum absolute atomic E-state index is 0.0344. The SMILES string of the molecule is NCC1CCCCC1CNC(=O)Cc1ccccc1O. The van der Waals surface area contributed by atoms with Crippen molar-refractivity contribution in [2.45, 2.75) is 32.1 Å². The molecule has 0 heterocycles. The van der Waals surface area contributed by atoms with Crippen molar-refractivity contribution in [1.82, 2.24) is 5.32 Å². The highest BCUT2D eigenvalue weighted by Crippen LogP contribution is 2.28. The molecule has 4 heteroatoms. The molecule has 20 heavy (non-hydrogen) atoms. The van der Waals surface area contributed by atoms with Crippen molar-refractivity contribution in [3.05, 3.63) is 29.8 Å². The fraction of sp³-hybridized carbons (Fsp3) is 0.562. The molecule has 0 bridgehead atoms. The number of hydrogen-bond acceptors (Lipinski definition) is 3. The molecule has 1 saturated carbocycles. The van der Waals surface area contributed by atoms with Gasteiger partial charge in [0, 0.05) is 12.1 Å². The van der Waals surface area contributed by atoms with Gasteiger partial charge < -0.3 is 16.2 Å². The Labute approximate surface area is 120 Å². The van der Waals surface area contributed by atoms with Crippen molar-refractivity contribution in [3.8, 4) is 5.75 Å². The predicted molar refractivity (Wildman–Crippen MR) is 79.3 cm³/mol. The lowest BCUT2D eigenvalue weighted by molar-refractivity contribution is -0.120. The van der Waals surface area contributed by atoms with Gasteiger partial charge in [0.05, 0.1) is 6.42 Å². The van der Waals surface area contributed by atoms with Crippen LogP contribution in [0.4, 0.5) is 0 Å². The summed E-state index contributed by atoms with van der Waals surface area (Å²) in [5.74, 6) is 1.18. The molecule has 2 rings (SSSR count). The third-order valence-electron chi connectivity index (χ3n) is 4.27. The van der Waals surface area contributed by atoms with Crippen molar-refractivity contribution in [2.75, 3.05) is 13.1 Å². The lowest BCUT2D eigenvalue weighted by atomic mass is 9.79. The van der Waals surface area contributed by atoms with E-state index in [1.54, 1.807) is 18.2 Å². The number of rotatable bonds is 5. The number of nitrogens with one attached hydrogen (secondary N) is 1. The number of carbonyl (C=O) groups is 1. The number of nitrogens with two attached hydrogens (primary N) is 1. The lowest BCUT2D eigenvalue weighted by Gasteiger charge is -2.30. The summed E-state index contributed by atoms with van der Waals surface area (Å²) in [6, 6.07) is 6.96. The largest absolute Gasteiger partial charge is 0.508 e. The van der Waals surface area contributed by atoms with Crippen LogP contribution in [0.1, 0.15) is 31.2 Å². The molecular weight excluding hydrogens is 252 g/mol. The quantitative estimate of drug-likeness (QED) is 0.768. The number of hydrogen-bond donors (Lipinski definition) is 3. The van der Waals surface area contributed by atoms with Crippen LogP contribution in [0.15, 0.2) is 24.3 Å². The van der Waals surface area contributed by atoms with Crippen LogP contribution in [0.25, 0.3) is 0 Å². The summed E-state index contributed by atoms with van der Waals surface area (Å²) >= 11 is 0. The maximum atomic E-state index is 11.9. The van der Waals surface area contributed by atoms with E-state index in [0.29, 0.717) is 30.5 Å². The van der Waals surface area contributed by atoms with E-state index in [1.165, 1.54) is 19.3 Å². The molecule has 2 unspecified atom stereocenters. The van der Waals surface area contributed by atoms with Gasteiger partial charge in [0.15, 0.2) is 0 Å². The molecule has 4 N–H and O–H groups in total. The normalized spacial score (nSPS) is 22.4. The standard InChI is InChI=1S/C16H24N2O2/c17-10-13-6-1-2-7-14(13)11-18-16(20)9-12-5-3-4-8-15(12)19/h3-5,8,13-14,19H,1-2,6-7,9-11,17H2,(H,18,20). The van der Waals surface area contributed by atoms with Gasteiger partial charge in [-0.15, -0.1) is 0 Å². The molecule has 1 fully saturated rings. The monoisotopic (exact) mass is 276 g/mol. The van der Waals surface area contributed by atoms with Gasteiger partial charge in [0.1, 0.15) is 5.75 Å². The smallest absolute Gasteiger partial charge is 0.224 e. The molecule has 0 spiro atoms. The zero-order valence-corrected chi connectivity index (χ0v) is 11.8. The summed E-state index contributed by atoms with van der Waals surface area (Å²) in [5, 5.41) is 12.6. The van der Waals surface area contributed by atoms with Crippen LogP contribution in [0.2, 0.25) is 0 Å². The molecule has 1 amide bonds. The van der Waals surface area contributed by atoms with Gasteiger partial charge in [0.25, 0.3) is 0 Å². The van der Waals surface area contributed by atoms with Gasteiger partial charge in [-0.2, -0.15) is 0 Å². The van der Waals surface area contributed by atoms with E-state index < -0.39 is 0 Å². The molecule has 0 radical (unpaired) electrons. The van der Waals surface area contributed by atoms with Gasteiger partial charge in [-0.05, 0) is 37.3 Å². The molecule has 110 valence electrons. The summed E-state index contributed by atoms with van der Waals surface area (Å²) < 4.78 is 0. The van der Waals surface area contributed by atoms with Crippen molar-refractivity contribution >= 4 is 5.91 Å². The zero-order valence-electron chi connectivity index (χ0n) is 11.8. The molecule has 1 aromatic carbocycles. The minimum atomic E-state index is -0.0344. The fourth-order valence-electron chi connectivity index (χ4n) is 3.00. The summed E-state index contributed by atoms with van der Waals surface area (Å²) in [7, 11) is 0. The van der Waals surface area contributed by atoms with E-state index >= 15 is 0 Å². The molecule has 1 aromatic rings. The van der Waals surface area contributed by atoms with E-state index in [4.69, 9.17) is 5.73 Å². The van der Waals surface area contributed by atoms with Crippen LogP contribution in [0.5, 0.6) is 5.75 Å². The summed E-state index contributed by atoms with van der Waals surface area (Å²) in [5.41, 5.74) is 6.47. The van der Waals surface area contributed by atoms with Crippen molar-refractivity contribution < 1.29 is 9.90 Å². The average molecular weight is 276 g/mol. The molecule has 2 atom stereocenters. The van der Waals surface area contributed by atoms with Gasteiger partial charge >= 0.3 is 0 Å². The second kappa shape index (κ2) is 7.29. The average Bonchev–Trinajstić information content (AvgIpc) is 2.48. The maximum absolute atomic E-state index is 11.9. The number of aromatic hydroxyl groups is 1. The van der Waals surface area contributed by atoms with Crippen LogP contribution in [-0.4, -0.2) is 24.1 Å². The first kappa shape index (κ1) is 14.9. The van der Waals surface area contributed by atoms with Gasteiger partial charge in [-0.3, -0.25) is 4.79 Å². The Morgan fingerprint density at radius 3 is 2.65 bits per heavy atom. The van der Waals surface area contributed by atoms with E-state index in [9.17, 15) is 9.90 Å². The molecule has 0 aliphatic heterocycles. The summed E-state index contributed by atoms with van der Waals surface area (Å²) in [4.78, 5) is 11.9. The molecule has 0 saturated heterocycles. The van der Waals surface area contributed by atoms with Gasteiger partial charge in [-0.25, -0.2) is 0 Å². The van der Waals surface area contributed by atoms with E-state index in [1.807, 2.05) is 6.07 Å². The predicted octanol–water partition coefficient (Wildman–Crippen LogP) is 1.82. The highest BCUT2D eigenvalue weighted by Gasteiger charge is 2.24. The molecule has 1 aliphatic carbocycles. The Bertz CT molecular complexity index is 448. The first-order chi connectivity index (χ1) is 9.70. The zero-order chi connectivity index (χ0) is 14.4. The number of amides is 1. The number of para-hydroxylation sites is 1. The van der Waals surface area contributed by atoms with Crippen LogP contribution in [-0.2, 0) is 11.2 Å². The minimum Gasteiger partial charge on any atom is -0.508 e. The van der Waals surface area contributed by atoms with Gasteiger partial charge in [-0.1, -0.05) is 31.0 Å². The van der Waals surface area contributed by atoms with Crippen molar-refractivity contribution in [2.24, 2.45) is 17.6 Å². The Hall–Kier alpha value is -1.55. The molecule has 4 nitrogen and oxygen atoms in total. The van der Waals surface area contributed by atoms with Crippen LogP contribution in [0.3, 0.4) is 0 Å². The number of carbonyl (C=O) groups excluding carboxylic acids is 1. The third-order valence-corrected chi connectivity index (χ3v) is 4.27. The first-order valence-electron chi connectivity index (χ1n) is 7.44.